The maximum atomic E-state index is 12.7. The Bertz CT molecular complexity index is 630. The van der Waals surface area contributed by atoms with E-state index in [2.05, 4.69) is 5.32 Å². The van der Waals surface area contributed by atoms with Gasteiger partial charge in [0.25, 0.3) is 0 Å². The molecule has 1 saturated heterocycles. The number of benzene rings is 1. The molecule has 0 aromatic heterocycles. The molecule has 2 fully saturated rings. The number of amides is 3. The van der Waals surface area contributed by atoms with Crippen LogP contribution in [0.5, 0.6) is 0 Å². The Balaban J connectivity index is 1.65. The van der Waals surface area contributed by atoms with Crippen LogP contribution in [0.2, 0.25) is 0 Å². The number of aryl methyl sites for hydroxylation is 1. The van der Waals surface area contributed by atoms with E-state index < -0.39 is 5.41 Å². The molecule has 3 amide bonds. The number of likely N-dealkylation sites (tertiary alicyclic amines) is 1. The topological polar surface area (TPSA) is 66.5 Å². The van der Waals surface area contributed by atoms with Gasteiger partial charge in [-0.2, -0.15) is 0 Å². The van der Waals surface area contributed by atoms with Crippen LogP contribution in [0.4, 0.5) is 5.69 Å². The van der Waals surface area contributed by atoms with E-state index in [-0.39, 0.29) is 30.7 Å². The first-order valence-electron chi connectivity index (χ1n) is 8.21. The predicted octanol–water partition coefficient (Wildman–Crippen LogP) is 2.64. The number of anilines is 1. The Hall–Kier alpha value is -2.17. The summed E-state index contributed by atoms with van der Waals surface area (Å²) in [5, 5.41) is 2.74. The second-order valence-electron chi connectivity index (χ2n) is 6.72. The monoisotopic (exact) mass is 314 g/mol. The smallest absolute Gasteiger partial charge is 0.244 e. The molecule has 23 heavy (non-hydrogen) atoms. The summed E-state index contributed by atoms with van der Waals surface area (Å²) in [5.74, 6) is -0.694. The zero-order chi connectivity index (χ0) is 16.4. The normalized spacial score (nSPS) is 20.1. The highest BCUT2D eigenvalue weighted by Crippen LogP contribution is 2.45. The van der Waals surface area contributed by atoms with E-state index in [0.29, 0.717) is 5.69 Å². The van der Waals surface area contributed by atoms with Crippen LogP contribution in [0.1, 0.15) is 44.1 Å². The average molecular weight is 314 g/mol. The molecule has 1 spiro atoms. The van der Waals surface area contributed by atoms with Crippen LogP contribution in [0.15, 0.2) is 24.3 Å². The van der Waals surface area contributed by atoms with Gasteiger partial charge in [-0.1, -0.05) is 37.0 Å². The van der Waals surface area contributed by atoms with E-state index in [9.17, 15) is 14.4 Å². The number of nitrogens with one attached hydrogen (secondary N) is 1. The summed E-state index contributed by atoms with van der Waals surface area (Å²) in [6.45, 7) is 1.78. The standard InChI is InChI=1S/C18H22N2O3/c1-13-5-7-14(8-6-13)19-15(21)12-20-16(22)11-18(17(20)23)9-3-2-4-10-18/h5-8H,2-4,9-12H2,1H3,(H,19,21). The van der Waals surface area contributed by atoms with Crippen LogP contribution in [-0.2, 0) is 14.4 Å². The Morgan fingerprint density at radius 1 is 1.13 bits per heavy atom. The molecule has 1 saturated carbocycles. The van der Waals surface area contributed by atoms with Crippen LogP contribution in [0.3, 0.4) is 0 Å². The third-order valence-electron chi connectivity index (χ3n) is 4.94. The lowest BCUT2D eigenvalue weighted by Gasteiger charge is -2.30. The second kappa shape index (κ2) is 6.14. The zero-order valence-corrected chi connectivity index (χ0v) is 13.4. The minimum atomic E-state index is -0.528. The van der Waals surface area contributed by atoms with E-state index in [4.69, 9.17) is 0 Å². The third-order valence-corrected chi connectivity index (χ3v) is 4.94. The second-order valence-corrected chi connectivity index (χ2v) is 6.72. The van der Waals surface area contributed by atoms with E-state index >= 15 is 0 Å². The molecule has 0 bridgehead atoms. The lowest BCUT2D eigenvalue weighted by Crippen LogP contribution is -2.41. The molecule has 1 aromatic rings. The number of imide groups is 1. The number of hydrogen-bond acceptors (Lipinski definition) is 3. The zero-order valence-electron chi connectivity index (χ0n) is 13.4. The van der Waals surface area contributed by atoms with Gasteiger partial charge in [-0.15, -0.1) is 0 Å². The lowest BCUT2D eigenvalue weighted by atomic mass is 9.73. The van der Waals surface area contributed by atoms with E-state index in [0.717, 1.165) is 42.6 Å². The van der Waals surface area contributed by atoms with Gasteiger partial charge in [0.15, 0.2) is 0 Å². The summed E-state index contributed by atoms with van der Waals surface area (Å²) in [7, 11) is 0. The van der Waals surface area contributed by atoms with Crippen molar-refractivity contribution in [3.63, 3.8) is 0 Å². The summed E-state index contributed by atoms with van der Waals surface area (Å²) in [6, 6.07) is 7.42. The highest BCUT2D eigenvalue weighted by atomic mass is 16.2. The van der Waals surface area contributed by atoms with Crippen molar-refractivity contribution in [1.82, 2.24) is 4.90 Å². The van der Waals surface area contributed by atoms with Gasteiger partial charge in [0.1, 0.15) is 6.54 Å². The Labute approximate surface area is 136 Å². The fourth-order valence-corrected chi connectivity index (χ4v) is 3.62. The number of nitrogens with zero attached hydrogens (tertiary/aromatic N) is 1. The predicted molar refractivity (Wildman–Crippen MR) is 86.7 cm³/mol. The summed E-state index contributed by atoms with van der Waals surface area (Å²) in [5.41, 5.74) is 1.25. The highest BCUT2D eigenvalue weighted by molar-refractivity contribution is 6.09. The first-order chi connectivity index (χ1) is 11.0. The lowest BCUT2D eigenvalue weighted by molar-refractivity contribution is -0.144. The first-order valence-corrected chi connectivity index (χ1v) is 8.21. The minimum absolute atomic E-state index is 0.152. The van der Waals surface area contributed by atoms with Crippen molar-refractivity contribution in [3.8, 4) is 0 Å². The van der Waals surface area contributed by atoms with Crippen molar-refractivity contribution < 1.29 is 14.4 Å². The van der Waals surface area contributed by atoms with Gasteiger partial charge in [0, 0.05) is 12.1 Å². The van der Waals surface area contributed by atoms with Gasteiger partial charge < -0.3 is 5.32 Å². The van der Waals surface area contributed by atoms with E-state index in [1.54, 1.807) is 0 Å². The molecule has 1 aromatic carbocycles. The van der Waals surface area contributed by atoms with Crippen molar-refractivity contribution in [2.75, 3.05) is 11.9 Å². The highest BCUT2D eigenvalue weighted by Gasteiger charge is 2.51. The minimum Gasteiger partial charge on any atom is -0.325 e. The van der Waals surface area contributed by atoms with Crippen molar-refractivity contribution in [3.05, 3.63) is 29.8 Å². The molecule has 0 unspecified atom stereocenters. The largest absolute Gasteiger partial charge is 0.325 e. The first kappa shape index (κ1) is 15.7. The van der Waals surface area contributed by atoms with Crippen molar-refractivity contribution in [2.24, 2.45) is 5.41 Å². The van der Waals surface area contributed by atoms with Crippen molar-refractivity contribution in [1.29, 1.82) is 0 Å². The molecule has 1 aliphatic heterocycles. The molecule has 5 heteroatoms. The van der Waals surface area contributed by atoms with E-state index in [1.807, 2.05) is 31.2 Å². The molecule has 0 atom stereocenters. The van der Waals surface area contributed by atoms with Crippen molar-refractivity contribution in [2.45, 2.75) is 45.4 Å². The summed E-state index contributed by atoms with van der Waals surface area (Å²) >= 11 is 0. The van der Waals surface area contributed by atoms with Gasteiger partial charge in [-0.05, 0) is 31.9 Å². The maximum Gasteiger partial charge on any atom is 0.244 e. The molecule has 3 rings (SSSR count). The molecule has 2 aliphatic rings. The van der Waals surface area contributed by atoms with E-state index in [1.165, 1.54) is 0 Å². The molecule has 1 N–H and O–H groups in total. The van der Waals surface area contributed by atoms with Crippen LogP contribution in [-0.4, -0.2) is 29.2 Å². The number of carbonyl (C=O) groups excluding carboxylic acids is 3. The summed E-state index contributed by atoms with van der Waals surface area (Å²) < 4.78 is 0. The fourth-order valence-electron chi connectivity index (χ4n) is 3.62. The summed E-state index contributed by atoms with van der Waals surface area (Å²) in [4.78, 5) is 38.2. The number of carbonyl (C=O) groups is 3. The Kier molecular flexibility index (Phi) is 4.20. The van der Waals surface area contributed by atoms with Crippen LogP contribution in [0, 0.1) is 12.3 Å². The van der Waals surface area contributed by atoms with Gasteiger partial charge in [-0.25, -0.2) is 0 Å². The van der Waals surface area contributed by atoms with Crippen molar-refractivity contribution >= 4 is 23.4 Å². The SMILES string of the molecule is Cc1ccc(NC(=O)CN2C(=O)CC3(CCCCC3)C2=O)cc1. The number of hydrogen-bond donors (Lipinski definition) is 1. The number of rotatable bonds is 3. The molecule has 1 aliphatic carbocycles. The van der Waals surface area contributed by atoms with Gasteiger partial charge >= 0.3 is 0 Å². The maximum absolute atomic E-state index is 12.7. The molecule has 122 valence electrons. The molecular weight excluding hydrogens is 292 g/mol. The van der Waals surface area contributed by atoms with Gasteiger partial charge in [0.2, 0.25) is 17.7 Å². The van der Waals surface area contributed by atoms with Crippen LogP contribution >= 0.6 is 0 Å². The van der Waals surface area contributed by atoms with Crippen LogP contribution in [0.25, 0.3) is 0 Å². The van der Waals surface area contributed by atoms with Crippen LogP contribution < -0.4 is 5.32 Å². The fraction of sp³-hybridized carbons (Fsp3) is 0.500. The van der Waals surface area contributed by atoms with Gasteiger partial charge in [0.05, 0.1) is 5.41 Å². The third kappa shape index (κ3) is 3.14. The summed E-state index contributed by atoms with van der Waals surface area (Å²) in [6.07, 6.45) is 4.91. The Morgan fingerprint density at radius 3 is 2.43 bits per heavy atom. The molecular formula is C18H22N2O3. The van der Waals surface area contributed by atoms with Gasteiger partial charge in [-0.3, -0.25) is 19.3 Å². The molecule has 1 heterocycles. The average Bonchev–Trinajstić information content (AvgIpc) is 2.75. The molecule has 5 nitrogen and oxygen atoms in total. The molecule has 0 radical (unpaired) electrons. The quantitative estimate of drug-likeness (QED) is 0.872. The Morgan fingerprint density at radius 2 is 1.78 bits per heavy atom.